The van der Waals surface area contributed by atoms with Gasteiger partial charge in [-0.15, -0.1) is 0 Å². The normalized spacial score (nSPS) is 16.6. The molecule has 1 aliphatic carbocycles. The van der Waals surface area contributed by atoms with Gasteiger partial charge in [0.15, 0.2) is 0 Å². The van der Waals surface area contributed by atoms with E-state index in [0.717, 1.165) is 23.1 Å². The molecule has 4 heteroatoms. The summed E-state index contributed by atoms with van der Waals surface area (Å²) in [5.41, 5.74) is 0.904. The van der Waals surface area contributed by atoms with Crippen LogP contribution in [0.3, 0.4) is 0 Å². The molecule has 0 amide bonds. The number of halogens is 1. The SMILES string of the molecule is Cc1cc(Br)cn(CCNC2CCCC2)c1=O. The van der Waals surface area contributed by atoms with Crippen LogP contribution in [0.25, 0.3) is 0 Å². The molecule has 0 bridgehead atoms. The van der Waals surface area contributed by atoms with Gasteiger partial charge in [-0.25, -0.2) is 0 Å². The lowest BCUT2D eigenvalue weighted by Crippen LogP contribution is -2.32. The molecule has 1 aromatic rings. The third kappa shape index (κ3) is 3.42. The van der Waals surface area contributed by atoms with Gasteiger partial charge in [-0.3, -0.25) is 4.79 Å². The predicted molar refractivity (Wildman–Crippen MR) is 73.4 cm³/mol. The molecule has 0 radical (unpaired) electrons. The first-order valence-corrected chi connectivity index (χ1v) is 7.06. The van der Waals surface area contributed by atoms with Gasteiger partial charge < -0.3 is 9.88 Å². The topological polar surface area (TPSA) is 34.0 Å². The number of hydrogen-bond acceptors (Lipinski definition) is 2. The fourth-order valence-electron chi connectivity index (χ4n) is 2.43. The van der Waals surface area contributed by atoms with Gasteiger partial charge in [0.05, 0.1) is 0 Å². The smallest absolute Gasteiger partial charge is 0.253 e. The first-order chi connectivity index (χ1) is 8.16. The van der Waals surface area contributed by atoms with Crippen molar-refractivity contribution < 1.29 is 0 Å². The molecule has 2 rings (SSSR count). The van der Waals surface area contributed by atoms with Gasteiger partial charge in [-0.1, -0.05) is 12.8 Å². The first kappa shape index (κ1) is 12.8. The quantitative estimate of drug-likeness (QED) is 0.926. The van der Waals surface area contributed by atoms with Crippen LogP contribution in [0.4, 0.5) is 0 Å². The Morgan fingerprint density at radius 2 is 2.18 bits per heavy atom. The van der Waals surface area contributed by atoms with Crippen molar-refractivity contribution in [3.63, 3.8) is 0 Å². The van der Waals surface area contributed by atoms with Crippen LogP contribution in [0.2, 0.25) is 0 Å². The average molecular weight is 299 g/mol. The summed E-state index contributed by atoms with van der Waals surface area (Å²) in [5.74, 6) is 0. The Labute approximate surface area is 110 Å². The number of nitrogens with one attached hydrogen (secondary N) is 1. The monoisotopic (exact) mass is 298 g/mol. The molecule has 1 saturated carbocycles. The van der Waals surface area contributed by atoms with E-state index < -0.39 is 0 Å². The van der Waals surface area contributed by atoms with Crippen LogP contribution in [-0.2, 0) is 6.54 Å². The summed E-state index contributed by atoms with van der Waals surface area (Å²) in [7, 11) is 0. The number of aromatic nitrogens is 1. The Morgan fingerprint density at radius 1 is 1.47 bits per heavy atom. The van der Waals surface area contributed by atoms with Gasteiger partial charge >= 0.3 is 0 Å². The van der Waals surface area contributed by atoms with Gasteiger partial charge in [0.2, 0.25) is 0 Å². The van der Waals surface area contributed by atoms with Crippen molar-refractivity contribution >= 4 is 15.9 Å². The fourth-order valence-corrected chi connectivity index (χ4v) is 3.02. The summed E-state index contributed by atoms with van der Waals surface area (Å²) in [4.78, 5) is 11.9. The molecule has 3 nitrogen and oxygen atoms in total. The van der Waals surface area contributed by atoms with Crippen molar-refractivity contribution in [1.29, 1.82) is 0 Å². The van der Waals surface area contributed by atoms with E-state index in [4.69, 9.17) is 0 Å². The third-order valence-electron chi connectivity index (χ3n) is 3.37. The van der Waals surface area contributed by atoms with Crippen molar-refractivity contribution in [3.05, 3.63) is 32.7 Å². The molecule has 0 aliphatic heterocycles. The summed E-state index contributed by atoms with van der Waals surface area (Å²) in [6, 6.07) is 2.53. The molecule has 1 heterocycles. The fraction of sp³-hybridized carbons (Fsp3) is 0.615. The molecule has 94 valence electrons. The highest BCUT2D eigenvalue weighted by molar-refractivity contribution is 9.10. The molecule has 0 saturated heterocycles. The molecule has 17 heavy (non-hydrogen) atoms. The standard InChI is InChI=1S/C13H19BrN2O/c1-10-8-11(14)9-16(13(10)17)7-6-15-12-4-2-3-5-12/h8-9,12,15H,2-7H2,1H3. The minimum atomic E-state index is 0.112. The maximum absolute atomic E-state index is 11.9. The Bertz CT molecular complexity index is 436. The van der Waals surface area contributed by atoms with Gasteiger partial charge in [0.1, 0.15) is 0 Å². The van der Waals surface area contributed by atoms with Gasteiger partial charge in [0.25, 0.3) is 5.56 Å². The summed E-state index contributed by atoms with van der Waals surface area (Å²) >= 11 is 3.43. The minimum Gasteiger partial charge on any atom is -0.313 e. The van der Waals surface area contributed by atoms with Gasteiger partial charge in [-0.2, -0.15) is 0 Å². The highest BCUT2D eigenvalue weighted by atomic mass is 79.9. The van der Waals surface area contributed by atoms with Crippen LogP contribution < -0.4 is 10.9 Å². The van der Waals surface area contributed by atoms with Crippen molar-refractivity contribution in [3.8, 4) is 0 Å². The number of hydrogen-bond donors (Lipinski definition) is 1. The predicted octanol–water partition coefficient (Wildman–Crippen LogP) is 2.45. The van der Waals surface area contributed by atoms with E-state index in [0.29, 0.717) is 6.04 Å². The molecular formula is C13H19BrN2O. The zero-order valence-corrected chi connectivity index (χ0v) is 11.8. The molecule has 0 atom stereocenters. The second-order valence-corrected chi connectivity index (χ2v) is 5.69. The number of rotatable bonds is 4. The van der Waals surface area contributed by atoms with Crippen molar-refractivity contribution in [2.45, 2.75) is 45.2 Å². The minimum absolute atomic E-state index is 0.112. The molecule has 1 fully saturated rings. The second kappa shape index (κ2) is 5.83. The molecule has 0 aromatic carbocycles. The first-order valence-electron chi connectivity index (χ1n) is 6.27. The third-order valence-corrected chi connectivity index (χ3v) is 3.81. The van der Waals surface area contributed by atoms with Crippen LogP contribution in [-0.4, -0.2) is 17.2 Å². The zero-order chi connectivity index (χ0) is 12.3. The van der Waals surface area contributed by atoms with Gasteiger partial charge in [0, 0.05) is 35.4 Å². The average Bonchev–Trinajstić information content (AvgIpc) is 2.78. The Hall–Kier alpha value is -0.610. The van der Waals surface area contributed by atoms with Crippen molar-refractivity contribution in [1.82, 2.24) is 9.88 Å². The Kier molecular flexibility index (Phi) is 4.40. The number of pyridine rings is 1. The highest BCUT2D eigenvalue weighted by Gasteiger charge is 2.13. The molecule has 0 spiro atoms. The van der Waals surface area contributed by atoms with Crippen LogP contribution in [0.1, 0.15) is 31.2 Å². The maximum atomic E-state index is 11.9. The van der Waals surface area contributed by atoms with E-state index in [-0.39, 0.29) is 5.56 Å². The molecular weight excluding hydrogens is 280 g/mol. The summed E-state index contributed by atoms with van der Waals surface area (Å²) in [5, 5.41) is 3.52. The van der Waals surface area contributed by atoms with Crippen molar-refractivity contribution in [2.24, 2.45) is 0 Å². The lowest BCUT2D eigenvalue weighted by Gasteiger charge is -2.13. The van der Waals surface area contributed by atoms with E-state index in [1.54, 1.807) is 4.57 Å². The highest BCUT2D eigenvalue weighted by Crippen LogP contribution is 2.17. The summed E-state index contributed by atoms with van der Waals surface area (Å²) in [6.45, 7) is 3.48. The molecule has 1 aliphatic rings. The van der Waals surface area contributed by atoms with Crippen LogP contribution in [0.5, 0.6) is 0 Å². The van der Waals surface area contributed by atoms with E-state index in [1.165, 1.54) is 25.7 Å². The van der Waals surface area contributed by atoms with Crippen molar-refractivity contribution in [2.75, 3.05) is 6.54 Å². The van der Waals surface area contributed by atoms with E-state index in [1.807, 2.05) is 19.2 Å². The lowest BCUT2D eigenvalue weighted by molar-refractivity contribution is 0.491. The van der Waals surface area contributed by atoms with Crippen LogP contribution >= 0.6 is 15.9 Å². The molecule has 1 N–H and O–H groups in total. The van der Waals surface area contributed by atoms with E-state index >= 15 is 0 Å². The summed E-state index contributed by atoms with van der Waals surface area (Å²) in [6.07, 6.45) is 7.12. The Balaban J connectivity index is 1.92. The summed E-state index contributed by atoms with van der Waals surface area (Å²) < 4.78 is 2.75. The second-order valence-electron chi connectivity index (χ2n) is 4.78. The van der Waals surface area contributed by atoms with Crippen LogP contribution in [0.15, 0.2) is 21.5 Å². The Morgan fingerprint density at radius 3 is 2.88 bits per heavy atom. The number of nitrogens with zero attached hydrogens (tertiary/aromatic N) is 1. The zero-order valence-electron chi connectivity index (χ0n) is 10.2. The van der Waals surface area contributed by atoms with E-state index in [9.17, 15) is 4.79 Å². The number of aryl methyl sites for hydroxylation is 1. The largest absolute Gasteiger partial charge is 0.313 e. The molecule has 0 unspecified atom stereocenters. The van der Waals surface area contributed by atoms with E-state index in [2.05, 4.69) is 21.2 Å². The maximum Gasteiger partial charge on any atom is 0.253 e. The molecule has 1 aromatic heterocycles. The van der Waals surface area contributed by atoms with Gasteiger partial charge in [-0.05, 0) is 41.8 Å². The van der Waals surface area contributed by atoms with Crippen LogP contribution in [0, 0.1) is 6.92 Å². The lowest BCUT2D eigenvalue weighted by atomic mass is 10.2.